The Balaban J connectivity index is 2.06. The molecular weight excluding hydrogens is 296 g/mol. The van der Waals surface area contributed by atoms with Crippen LogP contribution in [0.5, 0.6) is 0 Å². The summed E-state index contributed by atoms with van der Waals surface area (Å²) in [6, 6.07) is 13.4. The molecule has 1 heterocycles. The van der Waals surface area contributed by atoms with Crippen LogP contribution in [0.4, 0.5) is 0 Å². The first kappa shape index (κ1) is 16.5. The van der Waals surface area contributed by atoms with E-state index >= 15 is 0 Å². The van der Waals surface area contributed by atoms with E-state index in [1.54, 1.807) is 18.3 Å². The van der Waals surface area contributed by atoms with E-state index in [9.17, 15) is 4.79 Å². The second kappa shape index (κ2) is 8.56. The quantitative estimate of drug-likeness (QED) is 0.824. The molecule has 0 bridgehead atoms. The number of aromatic nitrogens is 1. The predicted molar refractivity (Wildman–Crippen MR) is 88.0 cm³/mol. The third-order valence-electron chi connectivity index (χ3n) is 3.21. The van der Waals surface area contributed by atoms with Crippen LogP contribution in [0.25, 0.3) is 0 Å². The lowest BCUT2D eigenvalue weighted by molar-refractivity contribution is 0.0942. The third-order valence-corrected chi connectivity index (χ3v) is 4.23. The van der Waals surface area contributed by atoms with Crippen molar-refractivity contribution < 1.29 is 9.90 Å². The molecule has 0 aliphatic heterocycles. The van der Waals surface area contributed by atoms with E-state index in [0.29, 0.717) is 23.6 Å². The van der Waals surface area contributed by atoms with Gasteiger partial charge in [0, 0.05) is 24.2 Å². The minimum absolute atomic E-state index is 0.128. The number of pyridine rings is 1. The maximum atomic E-state index is 12.3. The van der Waals surface area contributed by atoms with Gasteiger partial charge in [0.05, 0.1) is 5.56 Å². The highest BCUT2D eigenvalue weighted by molar-refractivity contribution is 7.99. The Morgan fingerprint density at radius 3 is 2.77 bits per heavy atom. The Bertz CT molecular complexity index is 605. The van der Waals surface area contributed by atoms with Gasteiger partial charge in [-0.15, -0.1) is 0 Å². The summed E-state index contributed by atoms with van der Waals surface area (Å²) in [5.41, 5.74) is 0.576. The fourth-order valence-electron chi connectivity index (χ4n) is 1.93. The van der Waals surface area contributed by atoms with Crippen molar-refractivity contribution in [2.24, 2.45) is 5.92 Å². The van der Waals surface area contributed by atoms with Crippen molar-refractivity contribution in [3.63, 3.8) is 0 Å². The summed E-state index contributed by atoms with van der Waals surface area (Å²) < 4.78 is 0. The molecule has 2 aromatic rings. The molecule has 4 nitrogen and oxygen atoms in total. The van der Waals surface area contributed by atoms with Gasteiger partial charge in [0.2, 0.25) is 0 Å². The zero-order valence-corrected chi connectivity index (χ0v) is 13.3. The molecule has 1 aromatic carbocycles. The number of carbonyl (C=O) groups is 1. The van der Waals surface area contributed by atoms with Crippen molar-refractivity contribution in [3.8, 4) is 0 Å². The number of amides is 1. The maximum absolute atomic E-state index is 12.3. The van der Waals surface area contributed by atoms with Crippen molar-refractivity contribution in [2.75, 3.05) is 13.2 Å². The highest BCUT2D eigenvalue weighted by Crippen LogP contribution is 2.28. The molecule has 0 aliphatic rings. The SMILES string of the molecule is CC(CCO)CNC(=O)c1cccnc1Sc1ccccc1. The van der Waals surface area contributed by atoms with Gasteiger partial charge in [-0.3, -0.25) is 4.79 Å². The number of hydrogen-bond donors (Lipinski definition) is 2. The Morgan fingerprint density at radius 2 is 2.05 bits per heavy atom. The molecule has 116 valence electrons. The van der Waals surface area contributed by atoms with Gasteiger partial charge in [-0.05, 0) is 36.6 Å². The summed E-state index contributed by atoms with van der Waals surface area (Å²) in [4.78, 5) is 17.7. The molecular formula is C17H20N2O2S. The van der Waals surface area contributed by atoms with Crippen molar-refractivity contribution in [1.29, 1.82) is 0 Å². The first-order valence-corrected chi connectivity index (χ1v) is 8.09. The summed E-state index contributed by atoms with van der Waals surface area (Å²) in [5.74, 6) is 0.118. The zero-order chi connectivity index (χ0) is 15.8. The second-order valence-electron chi connectivity index (χ2n) is 5.10. The molecule has 0 radical (unpaired) electrons. The largest absolute Gasteiger partial charge is 0.396 e. The molecule has 1 aromatic heterocycles. The standard InChI is InChI=1S/C17H20N2O2S/c1-13(9-11-20)12-19-16(21)15-8-5-10-18-17(15)22-14-6-3-2-4-7-14/h2-8,10,13,20H,9,11-12H2,1H3,(H,19,21). The van der Waals surface area contributed by atoms with Crippen molar-refractivity contribution in [3.05, 3.63) is 54.2 Å². The predicted octanol–water partition coefficient (Wildman–Crippen LogP) is 2.98. The van der Waals surface area contributed by atoms with Crippen LogP contribution in [0.2, 0.25) is 0 Å². The van der Waals surface area contributed by atoms with Gasteiger partial charge in [0.15, 0.2) is 0 Å². The maximum Gasteiger partial charge on any atom is 0.254 e. The van der Waals surface area contributed by atoms with Crippen LogP contribution in [0, 0.1) is 5.92 Å². The van der Waals surface area contributed by atoms with E-state index in [1.807, 2.05) is 37.3 Å². The smallest absolute Gasteiger partial charge is 0.254 e. The van der Waals surface area contributed by atoms with Crippen LogP contribution in [-0.2, 0) is 0 Å². The number of benzene rings is 1. The van der Waals surface area contributed by atoms with Gasteiger partial charge in [-0.2, -0.15) is 0 Å². The Labute approximate surface area is 135 Å². The number of aliphatic hydroxyl groups is 1. The van der Waals surface area contributed by atoms with Gasteiger partial charge < -0.3 is 10.4 Å². The molecule has 5 heteroatoms. The molecule has 1 amide bonds. The van der Waals surface area contributed by atoms with E-state index in [0.717, 1.165) is 4.90 Å². The molecule has 0 aliphatic carbocycles. The molecule has 1 atom stereocenters. The Morgan fingerprint density at radius 1 is 1.27 bits per heavy atom. The molecule has 0 spiro atoms. The van der Waals surface area contributed by atoms with Crippen LogP contribution in [0.3, 0.4) is 0 Å². The molecule has 2 rings (SSSR count). The third kappa shape index (κ3) is 4.86. The molecule has 1 unspecified atom stereocenters. The lowest BCUT2D eigenvalue weighted by Crippen LogP contribution is -2.29. The zero-order valence-electron chi connectivity index (χ0n) is 12.5. The highest BCUT2D eigenvalue weighted by atomic mass is 32.2. The average molecular weight is 316 g/mol. The average Bonchev–Trinajstić information content (AvgIpc) is 2.54. The van der Waals surface area contributed by atoms with E-state index in [-0.39, 0.29) is 18.4 Å². The van der Waals surface area contributed by atoms with Crippen LogP contribution in [0.1, 0.15) is 23.7 Å². The number of nitrogens with zero attached hydrogens (tertiary/aromatic N) is 1. The van der Waals surface area contributed by atoms with Crippen molar-refractivity contribution in [2.45, 2.75) is 23.3 Å². The molecule has 0 saturated heterocycles. The number of nitrogens with one attached hydrogen (secondary N) is 1. The number of carbonyl (C=O) groups excluding carboxylic acids is 1. The summed E-state index contributed by atoms with van der Waals surface area (Å²) in [7, 11) is 0. The molecule has 22 heavy (non-hydrogen) atoms. The number of rotatable bonds is 7. The minimum atomic E-state index is -0.128. The lowest BCUT2D eigenvalue weighted by atomic mass is 10.1. The summed E-state index contributed by atoms with van der Waals surface area (Å²) in [6.07, 6.45) is 2.37. The number of aliphatic hydroxyl groups excluding tert-OH is 1. The normalized spacial score (nSPS) is 11.9. The fraction of sp³-hybridized carbons (Fsp3) is 0.294. The summed E-state index contributed by atoms with van der Waals surface area (Å²) >= 11 is 1.48. The Hall–Kier alpha value is -1.85. The van der Waals surface area contributed by atoms with Crippen LogP contribution >= 0.6 is 11.8 Å². The first-order valence-electron chi connectivity index (χ1n) is 7.27. The van der Waals surface area contributed by atoms with Crippen LogP contribution in [-0.4, -0.2) is 29.1 Å². The number of hydrogen-bond acceptors (Lipinski definition) is 4. The topological polar surface area (TPSA) is 62.2 Å². The summed E-state index contributed by atoms with van der Waals surface area (Å²) in [6.45, 7) is 2.68. The van der Waals surface area contributed by atoms with Gasteiger partial charge in [0.1, 0.15) is 5.03 Å². The van der Waals surface area contributed by atoms with Crippen molar-refractivity contribution >= 4 is 17.7 Å². The highest BCUT2D eigenvalue weighted by Gasteiger charge is 2.14. The van der Waals surface area contributed by atoms with Crippen LogP contribution in [0.15, 0.2) is 58.6 Å². The van der Waals surface area contributed by atoms with Crippen LogP contribution < -0.4 is 5.32 Å². The second-order valence-corrected chi connectivity index (χ2v) is 6.16. The minimum Gasteiger partial charge on any atom is -0.396 e. The van der Waals surface area contributed by atoms with E-state index < -0.39 is 0 Å². The van der Waals surface area contributed by atoms with E-state index in [4.69, 9.17) is 5.11 Å². The van der Waals surface area contributed by atoms with Gasteiger partial charge in [-0.25, -0.2) is 4.98 Å². The van der Waals surface area contributed by atoms with E-state index in [2.05, 4.69) is 10.3 Å². The Kier molecular flexibility index (Phi) is 6.43. The monoisotopic (exact) mass is 316 g/mol. The lowest BCUT2D eigenvalue weighted by Gasteiger charge is -2.12. The summed E-state index contributed by atoms with van der Waals surface area (Å²) in [5, 5.41) is 12.5. The van der Waals surface area contributed by atoms with Gasteiger partial charge in [-0.1, -0.05) is 36.9 Å². The van der Waals surface area contributed by atoms with Gasteiger partial charge >= 0.3 is 0 Å². The van der Waals surface area contributed by atoms with Gasteiger partial charge in [0.25, 0.3) is 5.91 Å². The first-order chi connectivity index (χ1) is 10.7. The van der Waals surface area contributed by atoms with E-state index in [1.165, 1.54) is 11.8 Å². The molecule has 0 fully saturated rings. The van der Waals surface area contributed by atoms with Crippen molar-refractivity contribution in [1.82, 2.24) is 10.3 Å². The fourth-order valence-corrected chi connectivity index (χ4v) is 2.83. The molecule has 0 saturated carbocycles. The molecule has 2 N–H and O–H groups in total.